The number of hydrogen-bond acceptors (Lipinski definition) is 4. The first kappa shape index (κ1) is 17.9. The van der Waals surface area contributed by atoms with Crippen molar-refractivity contribution in [2.24, 2.45) is 0 Å². The van der Waals surface area contributed by atoms with Crippen molar-refractivity contribution in [3.05, 3.63) is 72.9 Å². The van der Waals surface area contributed by atoms with Crippen LogP contribution in [0.1, 0.15) is 6.92 Å². The zero-order valence-electron chi connectivity index (χ0n) is 14.7. The van der Waals surface area contributed by atoms with Gasteiger partial charge in [-0.2, -0.15) is 0 Å². The number of amides is 3. The Bertz CT molecular complexity index is 909. The van der Waals surface area contributed by atoms with Crippen molar-refractivity contribution in [2.75, 3.05) is 21.3 Å². The van der Waals surface area contributed by atoms with Crippen LogP contribution in [0.15, 0.2) is 72.9 Å². The number of pyridine rings is 1. The first-order valence-corrected chi connectivity index (χ1v) is 8.32. The molecule has 0 bridgehead atoms. The van der Waals surface area contributed by atoms with Gasteiger partial charge < -0.3 is 16.0 Å². The van der Waals surface area contributed by atoms with Crippen molar-refractivity contribution < 1.29 is 9.59 Å². The highest BCUT2D eigenvalue weighted by molar-refractivity contribution is 5.99. The fraction of sp³-hybridized carbons (Fsp3) is 0.0500. The molecular formula is C20H19N5O2. The average Bonchev–Trinajstić information content (AvgIpc) is 2.65. The quantitative estimate of drug-likeness (QED) is 0.541. The Morgan fingerprint density at radius 2 is 1.33 bits per heavy atom. The highest BCUT2D eigenvalue weighted by atomic mass is 16.2. The molecule has 7 heteroatoms. The highest BCUT2D eigenvalue weighted by Crippen LogP contribution is 2.19. The normalized spacial score (nSPS) is 9.96. The molecule has 0 saturated heterocycles. The summed E-state index contributed by atoms with van der Waals surface area (Å²) in [7, 11) is 0. The Balaban J connectivity index is 1.55. The summed E-state index contributed by atoms with van der Waals surface area (Å²) in [4.78, 5) is 27.2. The summed E-state index contributed by atoms with van der Waals surface area (Å²) in [5.74, 6) is 0.328. The van der Waals surface area contributed by atoms with Crippen LogP contribution in [0.25, 0.3) is 0 Å². The van der Waals surface area contributed by atoms with Gasteiger partial charge in [0.25, 0.3) is 0 Å². The van der Waals surface area contributed by atoms with Crippen LogP contribution in [0, 0.1) is 0 Å². The second kappa shape index (κ2) is 8.48. The minimum absolute atomic E-state index is 0.112. The van der Waals surface area contributed by atoms with E-state index in [4.69, 9.17) is 0 Å². The standard InChI is InChI=1S/C20H19N5O2/c1-14(26)22-16-7-9-17(10-8-16)23-18-11-12-19(21-13-18)25-20(27)24-15-5-3-2-4-6-15/h2-13,23H,1H3,(H,22,26)(H2,21,24,25,27). The summed E-state index contributed by atoms with van der Waals surface area (Å²) in [6, 6.07) is 19.7. The van der Waals surface area contributed by atoms with Crippen molar-refractivity contribution in [2.45, 2.75) is 6.92 Å². The molecule has 0 radical (unpaired) electrons. The van der Waals surface area contributed by atoms with Crippen LogP contribution in [-0.2, 0) is 4.79 Å². The van der Waals surface area contributed by atoms with Gasteiger partial charge in [0.2, 0.25) is 5.91 Å². The zero-order chi connectivity index (χ0) is 19.1. The number of nitrogens with one attached hydrogen (secondary N) is 4. The maximum Gasteiger partial charge on any atom is 0.324 e. The molecule has 1 heterocycles. The SMILES string of the molecule is CC(=O)Nc1ccc(Nc2ccc(NC(=O)Nc3ccccc3)nc2)cc1. The maximum absolute atomic E-state index is 12.0. The summed E-state index contributed by atoms with van der Waals surface area (Å²) >= 11 is 0. The molecule has 0 unspecified atom stereocenters. The van der Waals surface area contributed by atoms with Gasteiger partial charge in [0.05, 0.1) is 11.9 Å². The Kier molecular flexibility index (Phi) is 5.64. The van der Waals surface area contributed by atoms with Crippen LogP contribution < -0.4 is 21.3 Å². The summed E-state index contributed by atoms with van der Waals surface area (Å²) in [6.45, 7) is 1.47. The number of anilines is 5. The van der Waals surface area contributed by atoms with Gasteiger partial charge in [0.1, 0.15) is 5.82 Å². The molecule has 0 aliphatic carbocycles. The van der Waals surface area contributed by atoms with Gasteiger partial charge in [-0.15, -0.1) is 0 Å². The van der Waals surface area contributed by atoms with Gasteiger partial charge >= 0.3 is 6.03 Å². The average molecular weight is 361 g/mol. The molecule has 0 aliphatic rings. The number of carbonyl (C=O) groups excluding carboxylic acids is 2. The Morgan fingerprint density at radius 3 is 1.96 bits per heavy atom. The predicted octanol–water partition coefficient (Wildman–Crippen LogP) is 4.43. The molecule has 4 N–H and O–H groups in total. The van der Waals surface area contributed by atoms with E-state index in [0.29, 0.717) is 11.5 Å². The molecule has 0 saturated carbocycles. The van der Waals surface area contributed by atoms with E-state index in [2.05, 4.69) is 26.3 Å². The molecule has 3 aromatic rings. The second-order valence-electron chi connectivity index (χ2n) is 5.76. The molecule has 3 amide bonds. The molecule has 0 aliphatic heterocycles. The van der Waals surface area contributed by atoms with Crippen molar-refractivity contribution in [3.8, 4) is 0 Å². The van der Waals surface area contributed by atoms with Crippen LogP contribution in [0.5, 0.6) is 0 Å². The molecule has 2 aromatic carbocycles. The molecular weight excluding hydrogens is 342 g/mol. The number of hydrogen-bond donors (Lipinski definition) is 4. The van der Waals surface area contributed by atoms with E-state index in [1.807, 2.05) is 36.4 Å². The minimum atomic E-state index is -0.358. The molecule has 27 heavy (non-hydrogen) atoms. The fourth-order valence-electron chi connectivity index (χ4n) is 2.35. The van der Waals surface area contributed by atoms with E-state index in [1.54, 1.807) is 36.5 Å². The molecule has 0 atom stereocenters. The van der Waals surface area contributed by atoms with E-state index < -0.39 is 0 Å². The zero-order valence-corrected chi connectivity index (χ0v) is 14.7. The summed E-state index contributed by atoms with van der Waals surface area (Å²) in [6.07, 6.45) is 1.62. The van der Waals surface area contributed by atoms with Crippen LogP contribution in [-0.4, -0.2) is 16.9 Å². The van der Waals surface area contributed by atoms with Gasteiger partial charge in [-0.3, -0.25) is 10.1 Å². The van der Waals surface area contributed by atoms with Gasteiger partial charge in [-0.1, -0.05) is 18.2 Å². The number of nitrogens with zero attached hydrogens (tertiary/aromatic N) is 1. The van der Waals surface area contributed by atoms with Crippen LogP contribution in [0.4, 0.5) is 33.4 Å². The number of urea groups is 1. The van der Waals surface area contributed by atoms with E-state index in [1.165, 1.54) is 6.92 Å². The van der Waals surface area contributed by atoms with Gasteiger partial charge in [-0.05, 0) is 48.5 Å². The van der Waals surface area contributed by atoms with Crippen LogP contribution >= 0.6 is 0 Å². The smallest absolute Gasteiger partial charge is 0.324 e. The summed E-state index contributed by atoms with van der Waals surface area (Å²) in [5.41, 5.74) is 3.07. The lowest BCUT2D eigenvalue weighted by molar-refractivity contribution is -0.114. The van der Waals surface area contributed by atoms with E-state index in [0.717, 1.165) is 17.1 Å². The first-order chi connectivity index (χ1) is 13.1. The number of benzene rings is 2. The minimum Gasteiger partial charge on any atom is -0.354 e. The van der Waals surface area contributed by atoms with Gasteiger partial charge in [0, 0.05) is 24.0 Å². The van der Waals surface area contributed by atoms with Gasteiger partial charge in [-0.25, -0.2) is 9.78 Å². The molecule has 0 fully saturated rings. The third kappa shape index (κ3) is 5.57. The van der Waals surface area contributed by atoms with E-state index in [-0.39, 0.29) is 11.9 Å². The third-order valence-corrected chi connectivity index (χ3v) is 3.53. The van der Waals surface area contributed by atoms with Crippen LogP contribution in [0.2, 0.25) is 0 Å². The largest absolute Gasteiger partial charge is 0.354 e. The lowest BCUT2D eigenvalue weighted by Crippen LogP contribution is -2.19. The first-order valence-electron chi connectivity index (χ1n) is 8.32. The maximum atomic E-state index is 12.0. The Morgan fingerprint density at radius 1 is 0.704 bits per heavy atom. The predicted molar refractivity (Wildman–Crippen MR) is 107 cm³/mol. The van der Waals surface area contributed by atoms with E-state index >= 15 is 0 Å². The highest BCUT2D eigenvalue weighted by Gasteiger charge is 2.04. The third-order valence-electron chi connectivity index (χ3n) is 3.53. The molecule has 3 rings (SSSR count). The van der Waals surface area contributed by atoms with Crippen molar-refractivity contribution in [3.63, 3.8) is 0 Å². The lowest BCUT2D eigenvalue weighted by atomic mass is 10.2. The van der Waals surface area contributed by atoms with E-state index in [9.17, 15) is 9.59 Å². The lowest BCUT2D eigenvalue weighted by Gasteiger charge is -2.09. The monoisotopic (exact) mass is 361 g/mol. The summed E-state index contributed by atoms with van der Waals surface area (Å²) in [5, 5.41) is 11.3. The number of aromatic nitrogens is 1. The number of carbonyl (C=O) groups is 2. The molecule has 136 valence electrons. The van der Waals surface area contributed by atoms with Crippen molar-refractivity contribution in [1.82, 2.24) is 4.98 Å². The Labute approximate surface area is 156 Å². The summed E-state index contributed by atoms with van der Waals surface area (Å²) < 4.78 is 0. The van der Waals surface area contributed by atoms with Crippen LogP contribution in [0.3, 0.4) is 0 Å². The topological polar surface area (TPSA) is 95.2 Å². The molecule has 1 aromatic heterocycles. The fourth-order valence-corrected chi connectivity index (χ4v) is 2.35. The molecule has 7 nitrogen and oxygen atoms in total. The van der Waals surface area contributed by atoms with Crippen molar-refractivity contribution in [1.29, 1.82) is 0 Å². The van der Waals surface area contributed by atoms with Crippen molar-refractivity contribution >= 4 is 40.5 Å². The van der Waals surface area contributed by atoms with Gasteiger partial charge in [0.15, 0.2) is 0 Å². The number of rotatable bonds is 5. The Hall–Kier alpha value is -3.87. The molecule has 0 spiro atoms. The second-order valence-corrected chi connectivity index (χ2v) is 5.76. The number of para-hydroxylation sites is 1.